The lowest BCUT2D eigenvalue weighted by molar-refractivity contribution is 0.327. The molecule has 0 aliphatic heterocycles. The van der Waals surface area contributed by atoms with E-state index in [-0.39, 0.29) is 0 Å². The van der Waals surface area contributed by atoms with Crippen molar-refractivity contribution in [2.45, 2.75) is 20.3 Å². The molecule has 0 amide bonds. The van der Waals surface area contributed by atoms with E-state index >= 15 is 0 Å². The third kappa shape index (κ3) is 4.71. The predicted molar refractivity (Wildman–Crippen MR) is 68.4 cm³/mol. The van der Waals surface area contributed by atoms with E-state index in [1.807, 2.05) is 25.1 Å². The van der Waals surface area contributed by atoms with Gasteiger partial charge in [0.1, 0.15) is 5.82 Å². The number of pyridine rings is 1. The van der Waals surface area contributed by atoms with Crippen LogP contribution in [0.15, 0.2) is 18.2 Å². The van der Waals surface area contributed by atoms with E-state index in [0.29, 0.717) is 24.3 Å². The van der Waals surface area contributed by atoms with Crippen LogP contribution in [0.4, 0.5) is 5.82 Å². The maximum atomic E-state index is 5.68. The van der Waals surface area contributed by atoms with E-state index < -0.39 is 0 Å². The van der Waals surface area contributed by atoms with Crippen LogP contribution < -0.4 is 10.1 Å². The summed E-state index contributed by atoms with van der Waals surface area (Å²) in [6, 6.07) is 5.74. The van der Waals surface area contributed by atoms with Crippen molar-refractivity contribution in [1.82, 2.24) is 4.98 Å². The SMILES string of the molecule is CCOc1cccc(NCC(C)CCCl)n1. The summed E-state index contributed by atoms with van der Waals surface area (Å²) in [5.74, 6) is 2.77. The summed E-state index contributed by atoms with van der Waals surface area (Å²) in [5.41, 5.74) is 0. The second-order valence-electron chi connectivity index (χ2n) is 3.76. The molecule has 90 valence electrons. The Morgan fingerprint density at radius 3 is 3.00 bits per heavy atom. The summed E-state index contributed by atoms with van der Waals surface area (Å²) in [6.45, 7) is 5.64. The van der Waals surface area contributed by atoms with Crippen molar-refractivity contribution in [2.24, 2.45) is 5.92 Å². The summed E-state index contributed by atoms with van der Waals surface area (Å²) in [7, 11) is 0. The number of aromatic nitrogens is 1. The van der Waals surface area contributed by atoms with E-state index in [0.717, 1.165) is 18.8 Å². The molecule has 1 aromatic rings. The van der Waals surface area contributed by atoms with E-state index in [2.05, 4.69) is 17.2 Å². The maximum Gasteiger partial charge on any atom is 0.215 e. The van der Waals surface area contributed by atoms with Crippen LogP contribution in [0.3, 0.4) is 0 Å². The quantitative estimate of drug-likeness (QED) is 0.746. The molecule has 1 aromatic heterocycles. The third-order valence-electron chi connectivity index (χ3n) is 2.25. The molecule has 0 bridgehead atoms. The zero-order valence-corrected chi connectivity index (χ0v) is 10.6. The molecular weight excluding hydrogens is 224 g/mol. The Kier molecular flexibility index (Phi) is 6.01. The van der Waals surface area contributed by atoms with Crippen LogP contribution in [-0.2, 0) is 0 Å². The first kappa shape index (κ1) is 13.1. The van der Waals surface area contributed by atoms with Gasteiger partial charge in [-0.25, -0.2) is 0 Å². The normalized spacial score (nSPS) is 12.2. The van der Waals surface area contributed by atoms with Crippen molar-refractivity contribution in [2.75, 3.05) is 24.3 Å². The van der Waals surface area contributed by atoms with Crippen molar-refractivity contribution in [1.29, 1.82) is 0 Å². The number of rotatable bonds is 7. The monoisotopic (exact) mass is 242 g/mol. The third-order valence-corrected chi connectivity index (χ3v) is 2.47. The van der Waals surface area contributed by atoms with Crippen LogP contribution in [0.1, 0.15) is 20.3 Å². The van der Waals surface area contributed by atoms with Crippen LogP contribution in [0.5, 0.6) is 5.88 Å². The average molecular weight is 243 g/mol. The number of hydrogen-bond acceptors (Lipinski definition) is 3. The Labute approximate surface area is 102 Å². The summed E-state index contributed by atoms with van der Waals surface area (Å²) in [5, 5.41) is 3.28. The van der Waals surface area contributed by atoms with Gasteiger partial charge in [-0.2, -0.15) is 4.98 Å². The molecule has 0 spiro atoms. The van der Waals surface area contributed by atoms with Gasteiger partial charge < -0.3 is 10.1 Å². The molecule has 0 aromatic carbocycles. The molecule has 1 unspecified atom stereocenters. The molecule has 0 saturated carbocycles. The molecule has 1 heterocycles. The fraction of sp³-hybridized carbons (Fsp3) is 0.583. The second kappa shape index (κ2) is 7.34. The predicted octanol–water partition coefficient (Wildman–Crippen LogP) is 3.16. The summed E-state index contributed by atoms with van der Waals surface area (Å²) < 4.78 is 5.33. The number of halogens is 1. The maximum absolute atomic E-state index is 5.68. The molecule has 16 heavy (non-hydrogen) atoms. The highest BCUT2D eigenvalue weighted by Gasteiger charge is 2.02. The largest absolute Gasteiger partial charge is 0.478 e. The molecule has 1 rings (SSSR count). The Morgan fingerprint density at radius 2 is 2.31 bits per heavy atom. The minimum Gasteiger partial charge on any atom is -0.478 e. The van der Waals surface area contributed by atoms with Gasteiger partial charge in [0, 0.05) is 18.5 Å². The fourth-order valence-electron chi connectivity index (χ4n) is 1.31. The van der Waals surface area contributed by atoms with Gasteiger partial charge >= 0.3 is 0 Å². The standard InChI is InChI=1S/C12H19ClN2O/c1-3-16-12-6-4-5-11(15-12)14-9-10(2)7-8-13/h4-6,10H,3,7-9H2,1-2H3,(H,14,15). The summed E-state index contributed by atoms with van der Waals surface area (Å²) in [6.07, 6.45) is 1.01. The minimum absolute atomic E-state index is 0.551. The number of anilines is 1. The van der Waals surface area contributed by atoms with E-state index in [9.17, 15) is 0 Å². The van der Waals surface area contributed by atoms with E-state index in [4.69, 9.17) is 16.3 Å². The average Bonchev–Trinajstić information content (AvgIpc) is 2.28. The lowest BCUT2D eigenvalue weighted by atomic mass is 10.1. The van der Waals surface area contributed by atoms with Gasteiger partial charge in [0.25, 0.3) is 0 Å². The smallest absolute Gasteiger partial charge is 0.215 e. The zero-order chi connectivity index (χ0) is 11.8. The summed E-state index contributed by atoms with van der Waals surface area (Å²) in [4.78, 5) is 4.33. The molecule has 0 aliphatic carbocycles. The first-order valence-corrected chi connectivity index (χ1v) is 6.19. The first-order chi connectivity index (χ1) is 7.76. The highest BCUT2D eigenvalue weighted by Crippen LogP contribution is 2.12. The van der Waals surface area contributed by atoms with Gasteiger partial charge in [0.2, 0.25) is 5.88 Å². The highest BCUT2D eigenvalue weighted by molar-refractivity contribution is 6.17. The molecule has 0 radical (unpaired) electrons. The Morgan fingerprint density at radius 1 is 1.50 bits per heavy atom. The Hall–Kier alpha value is -0.960. The van der Waals surface area contributed by atoms with Crippen LogP contribution in [0, 0.1) is 5.92 Å². The second-order valence-corrected chi connectivity index (χ2v) is 4.14. The van der Waals surface area contributed by atoms with Crippen LogP contribution >= 0.6 is 11.6 Å². The Bertz CT molecular complexity index is 307. The van der Waals surface area contributed by atoms with Crippen molar-refractivity contribution in [3.63, 3.8) is 0 Å². The molecule has 3 nitrogen and oxygen atoms in total. The molecule has 0 fully saturated rings. The van der Waals surface area contributed by atoms with Gasteiger partial charge in [0.05, 0.1) is 6.61 Å². The van der Waals surface area contributed by atoms with Crippen LogP contribution in [0.25, 0.3) is 0 Å². The van der Waals surface area contributed by atoms with Gasteiger partial charge in [0.15, 0.2) is 0 Å². The summed E-state index contributed by atoms with van der Waals surface area (Å²) >= 11 is 5.68. The number of nitrogens with zero attached hydrogens (tertiary/aromatic N) is 1. The van der Waals surface area contributed by atoms with Gasteiger partial charge in [-0.1, -0.05) is 13.0 Å². The van der Waals surface area contributed by atoms with Gasteiger partial charge in [-0.15, -0.1) is 11.6 Å². The Balaban J connectivity index is 2.44. The van der Waals surface area contributed by atoms with E-state index in [1.54, 1.807) is 0 Å². The van der Waals surface area contributed by atoms with Crippen molar-refractivity contribution >= 4 is 17.4 Å². The van der Waals surface area contributed by atoms with Gasteiger partial charge in [-0.05, 0) is 25.3 Å². The van der Waals surface area contributed by atoms with Crippen LogP contribution in [-0.4, -0.2) is 24.0 Å². The molecule has 1 atom stereocenters. The number of hydrogen-bond donors (Lipinski definition) is 1. The van der Waals surface area contributed by atoms with Crippen molar-refractivity contribution < 1.29 is 4.74 Å². The number of ether oxygens (including phenoxy) is 1. The number of nitrogens with one attached hydrogen (secondary N) is 1. The minimum atomic E-state index is 0.551. The van der Waals surface area contributed by atoms with Crippen LogP contribution in [0.2, 0.25) is 0 Å². The molecule has 0 aliphatic rings. The number of alkyl halides is 1. The van der Waals surface area contributed by atoms with Crippen molar-refractivity contribution in [3.05, 3.63) is 18.2 Å². The van der Waals surface area contributed by atoms with Gasteiger partial charge in [-0.3, -0.25) is 0 Å². The topological polar surface area (TPSA) is 34.1 Å². The molecule has 4 heteroatoms. The first-order valence-electron chi connectivity index (χ1n) is 5.66. The van der Waals surface area contributed by atoms with E-state index in [1.165, 1.54) is 0 Å². The zero-order valence-electron chi connectivity index (χ0n) is 9.87. The molecule has 0 saturated heterocycles. The lowest BCUT2D eigenvalue weighted by Gasteiger charge is -2.12. The lowest BCUT2D eigenvalue weighted by Crippen LogP contribution is -2.12. The highest BCUT2D eigenvalue weighted by atomic mass is 35.5. The van der Waals surface area contributed by atoms with Crippen molar-refractivity contribution in [3.8, 4) is 5.88 Å². The molecular formula is C12H19ClN2O. The molecule has 1 N–H and O–H groups in total. The fourth-order valence-corrected chi connectivity index (χ4v) is 1.68.